The van der Waals surface area contributed by atoms with Gasteiger partial charge in [-0.2, -0.15) is 0 Å². The van der Waals surface area contributed by atoms with Crippen molar-refractivity contribution in [1.29, 1.82) is 0 Å². The zero-order valence-corrected chi connectivity index (χ0v) is 13.6. The van der Waals surface area contributed by atoms with Gasteiger partial charge in [-0.05, 0) is 30.5 Å². The molecule has 2 aromatic heterocycles. The summed E-state index contributed by atoms with van der Waals surface area (Å²) in [5, 5.41) is 3.14. The van der Waals surface area contributed by atoms with Crippen molar-refractivity contribution in [3.05, 3.63) is 42.0 Å². The van der Waals surface area contributed by atoms with Crippen LogP contribution in [0.1, 0.15) is 6.92 Å². The molecule has 6 heteroatoms. The molecule has 0 fully saturated rings. The smallest absolute Gasteiger partial charge is 0.161 e. The predicted molar refractivity (Wildman–Crippen MR) is 91.7 cm³/mol. The molecule has 1 aliphatic heterocycles. The molecular formula is C17H17N3O2S. The van der Waals surface area contributed by atoms with Crippen molar-refractivity contribution < 1.29 is 9.47 Å². The second-order valence-corrected chi connectivity index (χ2v) is 6.27. The fourth-order valence-corrected chi connectivity index (χ4v) is 3.52. The van der Waals surface area contributed by atoms with Gasteiger partial charge >= 0.3 is 0 Å². The molecule has 0 saturated heterocycles. The summed E-state index contributed by atoms with van der Waals surface area (Å²) < 4.78 is 11.9. The maximum Gasteiger partial charge on any atom is 0.161 e. The maximum atomic E-state index is 6.07. The van der Waals surface area contributed by atoms with Gasteiger partial charge in [0, 0.05) is 6.54 Å². The second-order valence-electron chi connectivity index (χ2n) is 5.37. The highest BCUT2D eigenvalue weighted by atomic mass is 32.1. The Kier molecular flexibility index (Phi) is 3.75. The number of ether oxygens (including phenoxy) is 2. The topological polar surface area (TPSA) is 47.5 Å². The summed E-state index contributed by atoms with van der Waals surface area (Å²) in [6.07, 6.45) is 1.61. The van der Waals surface area contributed by atoms with Crippen LogP contribution in [0.2, 0.25) is 0 Å². The van der Waals surface area contributed by atoms with Crippen molar-refractivity contribution in [3.8, 4) is 11.5 Å². The van der Waals surface area contributed by atoms with Crippen LogP contribution in [0.5, 0.6) is 11.5 Å². The molecule has 0 N–H and O–H groups in total. The van der Waals surface area contributed by atoms with Gasteiger partial charge in [0.05, 0.1) is 11.9 Å². The molecule has 1 atom stereocenters. The van der Waals surface area contributed by atoms with E-state index < -0.39 is 0 Å². The zero-order valence-electron chi connectivity index (χ0n) is 12.8. The quantitative estimate of drug-likeness (QED) is 0.735. The number of para-hydroxylation sites is 2. The molecule has 0 bridgehead atoms. The first-order chi connectivity index (χ1) is 11.3. The Labute approximate surface area is 138 Å². The van der Waals surface area contributed by atoms with Gasteiger partial charge in [-0.1, -0.05) is 12.1 Å². The number of thiophene rings is 1. The van der Waals surface area contributed by atoms with E-state index in [2.05, 4.69) is 27.9 Å². The summed E-state index contributed by atoms with van der Waals surface area (Å²) in [7, 11) is 0. The molecule has 0 saturated carbocycles. The minimum Gasteiger partial charge on any atom is -0.486 e. The van der Waals surface area contributed by atoms with Gasteiger partial charge in [-0.15, -0.1) is 11.3 Å². The molecular weight excluding hydrogens is 310 g/mol. The first-order valence-electron chi connectivity index (χ1n) is 7.67. The highest BCUT2D eigenvalue weighted by Crippen LogP contribution is 2.32. The third kappa shape index (κ3) is 2.70. The average Bonchev–Trinajstić information content (AvgIpc) is 3.08. The van der Waals surface area contributed by atoms with Gasteiger partial charge in [-0.25, -0.2) is 9.97 Å². The highest BCUT2D eigenvalue weighted by Gasteiger charge is 2.24. The van der Waals surface area contributed by atoms with Crippen molar-refractivity contribution in [2.45, 2.75) is 13.0 Å². The lowest BCUT2D eigenvalue weighted by Crippen LogP contribution is -2.41. The molecule has 3 heterocycles. The molecule has 0 amide bonds. The SMILES string of the molecule is CCN(CC1COc2ccccc2O1)c1ncnc2sccc12. The number of nitrogens with zero attached hydrogens (tertiary/aromatic N) is 3. The van der Waals surface area contributed by atoms with Crippen LogP contribution in [0.4, 0.5) is 5.82 Å². The first-order valence-corrected chi connectivity index (χ1v) is 8.54. The second kappa shape index (κ2) is 6.04. The van der Waals surface area contributed by atoms with Gasteiger partial charge in [0.1, 0.15) is 23.6 Å². The molecule has 0 radical (unpaired) electrons. The molecule has 1 unspecified atom stereocenters. The van der Waals surface area contributed by atoms with E-state index in [9.17, 15) is 0 Å². The van der Waals surface area contributed by atoms with Crippen LogP contribution < -0.4 is 14.4 Å². The van der Waals surface area contributed by atoms with E-state index in [0.29, 0.717) is 6.61 Å². The average molecular weight is 327 g/mol. The Hall–Kier alpha value is -2.34. The summed E-state index contributed by atoms with van der Waals surface area (Å²) in [5.74, 6) is 2.58. The van der Waals surface area contributed by atoms with Gasteiger partial charge in [-0.3, -0.25) is 0 Å². The summed E-state index contributed by atoms with van der Waals surface area (Å²) in [6.45, 7) is 4.25. The molecule has 3 aromatic rings. The number of fused-ring (bicyclic) bond motifs is 2. The van der Waals surface area contributed by atoms with Crippen LogP contribution in [0, 0.1) is 0 Å². The summed E-state index contributed by atoms with van der Waals surface area (Å²) >= 11 is 1.63. The molecule has 23 heavy (non-hydrogen) atoms. The van der Waals surface area contributed by atoms with E-state index in [1.807, 2.05) is 29.6 Å². The van der Waals surface area contributed by atoms with E-state index in [0.717, 1.165) is 40.6 Å². The Morgan fingerprint density at radius 2 is 2.09 bits per heavy atom. The minimum absolute atomic E-state index is 0.0199. The van der Waals surface area contributed by atoms with E-state index >= 15 is 0 Å². The van der Waals surface area contributed by atoms with Crippen molar-refractivity contribution in [2.24, 2.45) is 0 Å². The monoisotopic (exact) mass is 327 g/mol. The van der Waals surface area contributed by atoms with E-state index in [-0.39, 0.29) is 6.10 Å². The summed E-state index contributed by atoms with van der Waals surface area (Å²) in [4.78, 5) is 12.0. The number of hydrogen-bond donors (Lipinski definition) is 0. The highest BCUT2D eigenvalue weighted by molar-refractivity contribution is 7.16. The Bertz CT molecular complexity index is 820. The molecule has 1 aliphatic rings. The van der Waals surface area contributed by atoms with Gasteiger partial charge in [0.2, 0.25) is 0 Å². The molecule has 0 aliphatic carbocycles. The van der Waals surface area contributed by atoms with Crippen LogP contribution in [-0.2, 0) is 0 Å². The summed E-state index contributed by atoms with van der Waals surface area (Å²) in [5.41, 5.74) is 0. The van der Waals surface area contributed by atoms with E-state index in [1.165, 1.54) is 0 Å². The van der Waals surface area contributed by atoms with Crippen LogP contribution in [0.15, 0.2) is 42.0 Å². The number of hydrogen-bond acceptors (Lipinski definition) is 6. The van der Waals surface area contributed by atoms with Gasteiger partial charge in [0.25, 0.3) is 0 Å². The van der Waals surface area contributed by atoms with Crippen LogP contribution in [0.3, 0.4) is 0 Å². The van der Waals surface area contributed by atoms with Crippen LogP contribution in [-0.4, -0.2) is 35.8 Å². The van der Waals surface area contributed by atoms with Crippen molar-refractivity contribution >= 4 is 27.4 Å². The molecule has 0 spiro atoms. The fourth-order valence-electron chi connectivity index (χ4n) is 2.79. The molecule has 5 nitrogen and oxygen atoms in total. The lowest BCUT2D eigenvalue weighted by Gasteiger charge is -2.31. The van der Waals surface area contributed by atoms with E-state index in [4.69, 9.17) is 9.47 Å². The molecule has 1 aromatic carbocycles. The Morgan fingerprint density at radius 1 is 1.22 bits per heavy atom. The van der Waals surface area contributed by atoms with Crippen molar-refractivity contribution in [1.82, 2.24) is 9.97 Å². The fraction of sp³-hybridized carbons (Fsp3) is 0.294. The lowest BCUT2D eigenvalue weighted by atomic mass is 10.2. The Morgan fingerprint density at radius 3 is 2.96 bits per heavy atom. The number of rotatable bonds is 4. The largest absolute Gasteiger partial charge is 0.486 e. The van der Waals surface area contributed by atoms with Crippen molar-refractivity contribution in [2.75, 3.05) is 24.6 Å². The predicted octanol–water partition coefficient (Wildman–Crippen LogP) is 3.36. The van der Waals surface area contributed by atoms with Gasteiger partial charge in [0.15, 0.2) is 17.6 Å². The van der Waals surface area contributed by atoms with Crippen molar-refractivity contribution in [3.63, 3.8) is 0 Å². The first kappa shape index (κ1) is 14.3. The molecule has 4 rings (SSSR count). The number of likely N-dealkylation sites (N-methyl/N-ethyl adjacent to an activating group) is 1. The number of anilines is 1. The van der Waals surface area contributed by atoms with E-state index in [1.54, 1.807) is 17.7 Å². The standard InChI is InChI=1S/C17H17N3O2S/c1-2-20(16-13-7-8-23-17(13)19-11-18-16)9-12-10-21-14-5-3-4-6-15(14)22-12/h3-8,11-12H,2,9-10H2,1H3. The maximum absolute atomic E-state index is 6.07. The third-order valence-corrected chi connectivity index (χ3v) is 4.73. The lowest BCUT2D eigenvalue weighted by molar-refractivity contribution is 0.0953. The number of aromatic nitrogens is 2. The Balaban J connectivity index is 1.56. The normalized spacial score (nSPS) is 16.5. The zero-order chi connectivity index (χ0) is 15.6. The van der Waals surface area contributed by atoms with Crippen LogP contribution in [0.25, 0.3) is 10.2 Å². The number of benzene rings is 1. The third-order valence-electron chi connectivity index (χ3n) is 3.91. The summed E-state index contributed by atoms with van der Waals surface area (Å²) in [6, 6.07) is 9.87. The van der Waals surface area contributed by atoms with Crippen LogP contribution >= 0.6 is 11.3 Å². The molecule has 118 valence electrons. The van der Waals surface area contributed by atoms with Gasteiger partial charge < -0.3 is 14.4 Å². The minimum atomic E-state index is -0.0199.